The van der Waals surface area contributed by atoms with Gasteiger partial charge in [0, 0.05) is 5.69 Å². The Balaban J connectivity index is 2.01. The van der Waals surface area contributed by atoms with Crippen molar-refractivity contribution >= 4 is 11.6 Å². The van der Waals surface area contributed by atoms with Gasteiger partial charge in [0.2, 0.25) is 5.88 Å². The third kappa shape index (κ3) is 3.60. The van der Waals surface area contributed by atoms with Crippen molar-refractivity contribution < 1.29 is 15.0 Å². The summed E-state index contributed by atoms with van der Waals surface area (Å²) in [4.78, 5) is 12.8. The lowest BCUT2D eigenvalue weighted by Crippen LogP contribution is -2.13. The van der Waals surface area contributed by atoms with Crippen molar-refractivity contribution in [2.24, 2.45) is 0 Å². The molecular weight excluding hydrogens is 352 g/mol. The van der Waals surface area contributed by atoms with Gasteiger partial charge < -0.3 is 15.5 Å². The normalized spacial score (nSPS) is 11.2. The Kier molecular flexibility index (Phi) is 5.45. The molecule has 0 spiro atoms. The SMILES string of the molecule is CC(C)c1ccccc1NC(=O)c1c(O)cn(-c2ccccc2C(C)C)c1O. The predicted octanol–water partition coefficient (Wildman–Crippen LogP) is 5.39. The van der Waals surface area contributed by atoms with Crippen LogP contribution < -0.4 is 5.32 Å². The van der Waals surface area contributed by atoms with Crippen molar-refractivity contribution in [3.63, 3.8) is 0 Å². The van der Waals surface area contributed by atoms with Gasteiger partial charge in [-0.15, -0.1) is 0 Å². The second-order valence-corrected chi connectivity index (χ2v) is 7.49. The number of anilines is 1. The van der Waals surface area contributed by atoms with E-state index in [0.717, 1.165) is 16.8 Å². The number of hydrogen-bond donors (Lipinski definition) is 3. The Morgan fingerprint density at radius 2 is 1.46 bits per heavy atom. The minimum absolute atomic E-state index is 0.142. The quantitative estimate of drug-likeness (QED) is 0.557. The molecular formula is C23H26N2O3. The van der Waals surface area contributed by atoms with Crippen molar-refractivity contribution in [3.05, 3.63) is 71.4 Å². The molecule has 3 N–H and O–H groups in total. The summed E-state index contributed by atoms with van der Waals surface area (Å²) >= 11 is 0. The molecule has 0 bridgehead atoms. The van der Waals surface area contributed by atoms with Gasteiger partial charge in [0.15, 0.2) is 0 Å². The van der Waals surface area contributed by atoms with Gasteiger partial charge >= 0.3 is 0 Å². The van der Waals surface area contributed by atoms with Crippen molar-refractivity contribution in [3.8, 4) is 17.3 Å². The van der Waals surface area contributed by atoms with Gasteiger partial charge in [0.1, 0.15) is 11.3 Å². The molecule has 5 heteroatoms. The van der Waals surface area contributed by atoms with Crippen molar-refractivity contribution in [1.29, 1.82) is 0 Å². The van der Waals surface area contributed by atoms with Gasteiger partial charge in [-0.05, 0) is 35.1 Å². The van der Waals surface area contributed by atoms with Crippen LogP contribution in [0.2, 0.25) is 0 Å². The van der Waals surface area contributed by atoms with E-state index in [2.05, 4.69) is 19.2 Å². The number of nitrogens with zero attached hydrogens (tertiary/aromatic N) is 1. The predicted molar refractivity (Wildman–Crippen MR) is 112 cm³/mol. The number of amides is 1. The Hall–Kier alpha value is -3.21. The summed E-state index contributed by atoms with van der Waals surface area (Å²) in [5.74, 6) is -0.666. The van der Waals surface area contributed by atoms with Crippen LogP contribution in [0.4, 0.5) is 5.69 Å². The molecule has 0 radical (unpaired) electrons. The maximum Gasteiger partial charge on any atom is 0.264 e. The van der Waals surface area contributed by atoms with Gasteiger partial charge in [0.05, 0.1) is 11.9 Å². The minimum Gasteiger partial charge on any atom is -0.505 e. The van der Waals surface area contributed by atoms with E-state index >= 15 is 0 Å². The molecule has 2 aromatic carbocycles. The van der Waals surface area contributed by atoms with Crippen LogP contribution in [-0.4, -0.2) is 20.7 Å². The Labute approximate surface area is 165 Å². The number of aromatic nitrogens is 1. The van der Waals surface area contributed by atoms with Gasteiger partial charge in [-0.1, -0.05) is 64.1 Å². The fourth-order valence-electron chi connectivity index (χ4n) is 3.38. The summed E-state index contributed by atoms with van der Waals surface area (Å²) in [6.45, 7) is 8.18. The number of carbonyl (C=O) groups excluding carboxylic acids is 1. The third-order valence-corrected chi connectivity index (χ3v) is 4.84. The number of nitrogens with one attached hydrogen (secondary N) is 1. The Morgan fingerprint density at radius 1 is 0.893 bits per heavy atom. The number of aromatic hydroxyl groups is 2. The van der Waals surface area contributed by atoms with Crippen LogP contribution in [0.25, 0.3) is 5.69 Å². The van der Waals surface area contributed by atoms with Gasteiger partial charge in [0.25, 0.3) is 5.91 Å². The zero-order valence-electron chi connectivity index (χ0n) is 16.6. The highest BCUT2D eigenvalue weighted by molar-refractivity contribution is 6.08. The first-order valence-corrected chi connectivity index (χ1v) is 9.44. The molecule has 0 fully saturated rings. The molecule has 1 aromatic heterocycles. The molecule has 0 aliphatic carbocycles. The van der Waals surface area contributed by atoms with Crippen LogP contribution >= 0.6 is 0 Å². The summed E-state index contributed by atoms with van der Waals surface area (Å²) in [7, 11) is 0. The van der Waals surface area contributed by atoms with E-state index in [9.17, 15) is 15.0 Å². The van der Waals surface area contributed by atoms with E-state index < -0.39 is 5.91 Å². The molecule has 3 aromatic rings. The Morgan fingerprint density at radius 3 is 2.11 bits per heavy atom. The maximum atomic E-state index is 12.8. The minimum atomic E-state index is -0.552. The van der Waals surface area contributed by atoms with E-state index in [-0.39, 0.29) is 29.0 Å². The smallest absolute Gasteiger partial charge is 0.264 e. The molecule has 5 nitrogen and oxygen atoms in total. The highest BCUT2D eigenvalue weighted by Gasteiger charge is 2.24. The summed E-state index contributed by atoms with van der Waals surface area (Å²) < 4.78 is 1.45. The van der Waals surface area contributed by atoms with E-state index in [1.54, 1.807) is 0 Å². The molecule has 1 heterocycles. The van der Waals surface area contributed by atoms with Crippen molar-refractivity contribution in [2.45, 2.75) is 39.5 Å². The van der Waals surface area contributed by atoms with E-state index in [0.29, 0.717) is 5.69 Å². The highest BCUT2D eigenvalue weighted by atomic mass is 16.3. The van der Waals surface area contributed by atoms with Gasteiger partial charge in [-0.25, -0.2) is 0 Å². The van der Waals surface area contributed by atoms with Gasteiger partial charge in [-0.2, -0.15) is 0 Å². The molecule has 146 valence electrons. The monoisotopic (exact) mass is 378 g/mol. The number of hydrogen-bond acceptors (Lipinski definition) is 3. The second kappa shape index (κ2) is 7.80. The fourth-order valence-corrected chi connectivity index (χ4v) is 3.38. The number of rotatable bonds is 5. The molecule has 0 atom stereocenters. The second-order valence-electron chi connectivity index (χ2n) is 7.49. The van der Waals surface area contributed by atoms with E-state index in [1.807, 2.05) is 62.4 Å². The molecule has 0 aliphatic rings. The summed E-state index contributed by atoms with van der Waals surface area (Å²) in [6, 6.07) is 15.1. The highest BCUT2D eigenvalue weighted by Crippen LogP contribution is 2.36. The standard InChI is InChI=1S/C23H26N2O3/c1-14(2)16-9-5-7-11-18(16)24-22(27)21-20(26)13-25(23(21)28)19-12-8-6-10-17(19)15(3)4/h5-15,26,28H,1-4H3,(H,24,27). The average molecular weight is 378 g/mol. The van der Waals surface area contributed by atoms with Gasteiger partial charge in [-0.3, -0.25) is 9.36 Å². The first-order valence-electron chi connectivity index (χ1n) is 9.44. The molecule has 1 amide bonds. The molecule has 3 rings (SSSR count). The third-order valence-electron chi connectivity index (χ3n) is 4.84. The van der Waals surface area contributed by atoms with Crippen LogP contribution in [0.15, 0.2) is 54.7 Å². The van der Waals surface area contributed by atoms with Crippen LogP contribution in [0.5, 0.6) is 11.6 Å². The Bertz CT molecular complexity index is 1000. The first kappa shape index (κ1) is 19.5. The summed E-state index contributed by atoms with van der Waals surface area (Å²) in [5, 5.41) is 23.9. The summed E-state index contributed by atoms with van der Waals surface area (Å²) in [6.07, 6.45) is 1.37. The number of benzene rings is 2. The van der Waals surface area contributed by atoms with E-state index in [1.165, 1.54) is 10.8 Å². The van der Waals surface area contributed by atoms with Crippen molar-refractivity contribution in [1.82, 2.24) is 4.57 Å². The van der Waals surface area contributed by atoms with Crippen LogP contribution in [0.1, 0.15) is 61.0 Å². The maximum absolute atomic E-state index is 12.8. The number of para-hydroxylation sites is 2. The fraction of sp³-hybridized carbons (Fsp3) is 0.261. The molecule has 0 saturated heterocycles. The van der Waals surface area contributed by atoms with Crippen LogP contribution in [-0.2, 0) is 0 Å². The van der Waals surface area contributed by atoms with Crippen LogP contribution in [0.3, 0.4) is 0 Å². The lowest BCUT2D eigenvalue weighted by Gasteiger charge is -2.15. The summed E-state index contributed by atoms with van der Waals surface area (Å²) in [5.41, 5.74) is 3.24. The topological polar surface area (TPSA) is 74.5 Å². The molecule has 0 saturated carbocycles. The van der Waals surface area contributed by atoms with Crippen molar-refractivity contribution in [2.75, 3.05) is 5.32 Å². The number of carbonyl (C=O) groups is 1. The zero-order chi connectivity index (χ0) is 20.4. The lowest BCUT2D eigenvalue weighted by atomic mass is 10.0. The zero-order valence-corrected chi connectivity index (χ0v) is 16.6. The first-order chi connectivity index (χ1) is 13.3. The van der Waals surface area contributed by atoms with E-state index in [4.69, 9.17) is 0 Å². The van der Waals surface area contributed by atoms with Crippen LogP contribution in [0, 0.1) is 0 Å². The average Bonchev–Trinajstić information content (AvgIpc) is 2.96. The molecule has 28 heavy (non-hydrogen) atoms. The molecule has 0 unspecified atom stereocenters. The largest absolute Gasteiger partial charge is 0.505 e. The lowest BCUT2D eigenvalue weighted by molar-refractivity contribution is 0.102. The molecule has 0 aliphatic heterocycles.